The molecular weight excluding hydrogens is 248 g/mol. The fourth-order valence-electron chi connectivity index (χ4n) is 4.08. The summed E-state index contributed by atoms with van der Waals surface area (Å²) >= 11 is 0. The van der Waals surface area contributed by atoms with Crippen molar-refractivity contribution < 1.29 is 4.74 Å². The minimum absolute atomic E-state index is 0.353. The molecule has 3 heteroatoms. The Kier molecular flexibility index (Phi) is 5.88. The van der Waals surface area contributed by atoms with Gasteiger partial charge in [-0.2, -0.15) is 0 Å². The highest BCUT2D eigenvalue weighted by atomic mass is 16.5. The second-order valence-electron chi connectivity index (χ2n) is 7.10. The number of ether oxygens (including phenoxy) is 1. The van der Waals surface area contributed by atoms with Gasteiger partial charge in [0.05, 0.1) is 6.61 Å². The summed E-state index contributed by atoms with van der Waals surface area (Å²) in [4.78, 5) is 2.72. The van der Waals surface area contributed by atoms with Gasteiger partial charge in [-0.25, -0.2) is 0 Å². The first-order valence-corrected chi connectivity index (χ1v) is 8.68. The standard InChI is InChI=1S/C17H34N2O/c1-4-16(5-2)9-10-19(13-16)14-17(12-18-6-3)8-7-11-20-15-17/h18H,4-15H2,1-3H3. The number of hydrogen-bond acceptors (Lipinski definition) is 3. The lowest BCUT2D eigenvalue weighted by Gasteiger charge is -2.40. The van der Waals surface area contributed by atoms with Crippen molar-refractivity contribution in [2.45, 2.75) is 52.9 Å². The van der Waals surface area contributed by atoms with Gasteiger partial charge in [0.1, 0.15) is 0 Å². The van der Waals surface area contributed by atoms with Crippen molar-refractivity contribution in [2.24, 2.45) is 10.8 Å². The van der Waals surface area contributed by atoms with Crippen LogP contribution >= 0.6 is 0 Å². The third kappa shape index (κ3) is 3.75. The van der Waals surface area contributed by atoms with Crippen LogP contribution in [0.15, 0.2) is 0 Å². The molecule has 0 aromatic carbocycles. The van der Waals surface area contributed by atoms with Gasteiger partial charge in [-0.05, 0) is 50.6 Å². The van der Waals surface area contributed by atoms with E-state index in [1.165, 1.54) is 51.7 Å². The molecule has 2 saturated heterocycles. The van der Waals surface area contributed by atoms with E-state index in [2.05, 4.69) is 31.0 Å². The molecule has 20 heavy (non-hydrogen) atoms. The smallest absolute Gasteiger partial charge is 0.0546 e. The van der Waals surface area contributed by atoms with Gasteiger partial charge in [-0.1, -0.05) is 20.8 Å². The average Bonchev–Trinajstić information content (AvgIpc) is 2.90. The fourth-order valence-corrected chi connectivity index (χ4v) is 4.08. The largest absolute Gasteiger partial charge is 0.381 e. The molecule has 118 valence electrons. The van der Waals surface area contributed by atoms with Gasteiger partial charge in [-0.15, -0.1) is 0 Å². The van der Waals surface area contributed by atoms with Crippen LogP contribution < -0.4 is 5.32 Å². The molecule has 0 aromatic rings. The Morgan fingerprint density at radius 1 is 1.10 bits per heavy atom. The van der Waals surface area contributed by atoms with Crippen LogP contribution in [0.1, 0.15) is 52.9 Å². The molecule has 2 aliphatic rings. The van der Waals surface area contributed by atoms with Crippen molar-refractivity contribution in [3.05, 3.63) is 0 Å². The van der Waals surface area contributed by atoms with Gasteiger partial charge in [-0.3, -0.25) is 0 Å². The highest BCUT2D eigenvalue weighted by Crippen LogP contribution is 2.39. The third-order valence-corrected chi connectivity index (χ3v) is 5.73. The number of likely N-dealkylation sites (tertiary alicyclic amines) is 1. The van der Waals surface area contributed by atoms with Crippen LogP contribution in [-0.2, 0) is 4.74 Å². The van der Waals surface area contributed by atoms with Crippen LogP contribution in [0, 0.1) is 10.8 Å². The third-order valence-electron chi connectivity index (χ3n) is 5.73. The highest BCUT2D eigenvalue weighted by molar-refractivity contribution is 4.93. The predicted octanol–water partition coefficient (Wildman–Crippen LogP) is 2.90. The van der Waals surface area contributed by atoms with Crippen LogP contribution in [0.2, 0.25) is 0 Å². The van der Waals surface area contributed by atoms with Crippen LogP contribution in [-0.4, -0.2) is 50.8 Å². The summed E-state index contributed by atoms with van der Waals surface area (Å²) < 4.78 is 5.83. The number of nitrogens with zero attached hydrogens (tertiary/aromatic N) is 1. The second-order valence-corrected chi connectivity index (χ2v) is 7.10. The summed E-state index contributed by atoms with van der Waals surface area (Å²) in [5.41, 5.74) is 0.945. The van der Waals surface area contributed by atoms with Gasteiger partial charge in [0.15, 0.2) is 0 Å². The van der Waals surface area contributed by atoms with Gasteiger partial charge in [0.25, 0.3) is 0 Å². The minimum atomic E-state index is 0.353. The van der Waals surface area contributed by atoms with E-state index in [-0.39, 0.29) is 0 Å². The van der Waals surface area contributed by atoms with E-state index in [0.717, 1.165) is 26.3 Å². The molecule has 0 saturated carbocycles. The zero-order valence-corrected chi connectivity index (χ0v) is 13.8. The Morgan fingerprint density at radius 3 is 2.45 bits per heavy atom. The first-order chi connectivity index (χ1) is 9.67. The van der Waals surface area contributed by atoms with Crippen LogP contribution in [0.4, 0.5) is 0 Å². The summed E-state index contributed by atoms with van der Waals surface area (Å²) in [5, 5.41) is 3.57. The van der Waals surface area contributed by atoms with E-state index >= 15 is 0 Å². The normalized spacial score (nSPS) is 30.8. The van der Waals surface area contributed by atoms with Crippen molar-refractivity contribution >= 4 is 0 Å². The summed E-state index contributed by atoms with van der Waals surface area (Å²) in [6, 6.07) is 0. The maximum absolute atomic E-state index is 5.83. The van der Waals surface area contributed by atoms with Crippen molar-refractivity contribution in [3.8, 4) is 0 Å². The molecule has 1 atom stereocenters. The number of rotatable bonds is 7. The zero-order valence-electron chi connectivity index (χ0n) is 13.8. The van der Waals surface area contributed by atoms with Gasteiger partial charge in [0, 0.05) is 31.7 Å². The SMILES string of the molecule is CCNCC1(CN2CCC(CC)(CC)C2)CCCOC1. The zero-order chi connectivity index (χ0) is 14.5. The first kappa shape index (κ1) is 16.3. The van der Waals surface area contributed by atoms with E-state index in [9.17, 15) is 0 Å². The maximum Gasteiger partial charge on any atom is 0.0546 e. The predicted molar refractivity (Wildman–Crippen MR) is 85.1 cm³/mol. The quantitative estimate of drug-likeness (QED) is 0.777. The molecule has 0 amide bonds. The highest BCUT2D eigenvalue weighted by Gasteiger charge is 2.40. The molecule has 2 heterocycles. The second kappa shape index (κ2) is 7.24. The molecule has 1 unspecified atom stereocenters. The Labute approximate surface area is 125 Å². The van der Waals surface area contributed by atoms with Crippen LogP contribution in [0.5, 0.6) is 0 Å². The number of nitrogens with one attached hydrogen (secondary N) is 1. The van der Waals surface area contributed by atoms with E-state index in [1.807, 2.05) is 0 Å². The molecule has 1 N–H and O–H groups in total. The van der Waals surface area contributed by atoms with Gasteiger partial charge < -0.3 is 15.0 Å². The van der Waals surface area contributed by atoms with E-state index in [0.29, 0.717) is 10.8 Å². The molecular formula is C17H34N2O. The summed E-state index contributed by atoms with van der Waals surface area (Å²) in [5.74, 6) is 0. The lowest BCUT2D eigenvalue weighted by atomic mass is 9.80. The van der Waals surface area contributed by atoms with E-state index in [4.69, 9.17) is 4.74 Å². The Bertz CT molecular complexity index is 283. The van der Waals surface area contributed by atoms with Crippen molar-refractivity contribution in [1.82, 2.24) is 10.2 Å². The molecule has 2 rings (SSSR count). The average molecular weight is 282 g/mol. The molecule has 0 radical (unpaired) electrons. The fraction of sp³-hybridized carbons (Fsp3) is 1.00. The molecule has 0 bridgehead atoms. The van der Waals surface area contributed by atoms with Crippen LogP contribution in [0.3, 0.4) is 0 Å². The minimum Gasteiger partial charge on any atom is -0.381 e. The lowest BCUT2D eigenvalue weighted by Crippen LogP contribution is -2.48. The molecule has 0 aromatic heterocycles. The first-order valence-electron chi connectivity index (χ1n) is 8.68. The number of hydrogen-bond donors (Lipinski definition) is 1. The summed E-state index contributed by atoms with van der Waals surface area (Å²) in [7, 11) is 0. The summed E-state index contributed by atoms with van der Waals surface area (Å²) in [6.45, 7) is 14.8. The molecule has 0 spiro atoms. The molecule has 2 aliphatic heterocycles. The molecule has 3 nitrogen and oxygen atoms in total. The van der Waals surface area contributed by atoms with Crippen LogP contribution in [0.25, 0.3) is 0 Å². The van der Waals surface area contributed by atoms with Crippen molar-refractivity contribution in [3.63, 3.8) is 0 Å². The van der Waals surface area contributed by atoms with Crippen molar-refractivity contribution in [1.29, 1.82) is 0 Å². The topological polar surface area (TPSA) is 24.5 Å². The molecule has 0 aliphatic carbocycles. The maximum atomic E-state index is 5.83. The Balaban J connectivity index is 1.94. The Hall–Kier alpha value is -0.120. The Morgan fingerprint density at radius 2 is 1.90 bits per heavy atom. The van der Waals surface area contributed by atoms with Gasteiger partial charge in [0.2, 0.25) is 0 Å². The lowest BCUT2D eigenvalue weighted by molar-refractivity contribution is -0.0243. The summed E-state index contributed by atoms with van der Waals surface area (Å²) in [6.07, 6.45) is 6.60. The molecule has 2 fully saturated rings. The van der Waals surface area contributed by atoms with E-state index < -0.39 is 0 Å². The van der Waals surface area contributed by atoms with Crippen molar-refractivity contribution in [2.75, 3.05) is 45.9 Å². The monoisotopic (exact) mass is 282 g/mol. The van der Waals surface area contributed by atoms with Gasteiger partial charge >= 0.3 is 0 Å². The van der Waals surface area contributed by atoms with E-state index in [1.54, 1.807) is 0 Å².